The minimum absolute atomic E-state index is 0.0886. The maximum absolute atomic E-state index is 12.8. The van der Waals surface area contributed by atoms with Crippen molar-refractivity contribution < 1.29 is 39.9 Å². The van der Waals surface area contributed by atoms with Crippen LogP contribution in [0.5, 0.6) is 11.5 Å². The van der Waals surface area contributed by atoms with Crippen molar-refractivity contribution in [2.45, 2.75) is 63.9 Å². The second-order valence-corrected chi connectivity index (χ2v) is 10.2. The zero-order valence-electron chi connectivity index (χ0n) is 17.9. The fraction of sp³-hybridized carbons (Fsp3) is 0.565. The highest BCUT2D eigenvalue weighted by atomic mass is 16.6. The van der Waals surface area contributed by atoms with Crippen LogP contribution in [0, 0.1) is 23.7 Å². The predicted octanol–water partition coefficient (Wildman–Crippen LogP) is 1.35. The lowest BCUT2D eigenvalue weighted by Crippen LogP contribution is -2.76. The Morgan fingerprint density at radius 1 is 1.19 bits per heavy atom. The van der Waals surface area contributed by atoms with Gasteiger partial charge < -0.3 is 30.3 Å². The van der Waals surface area contributed by atoms with E-state index in [2.05, 4.69) is 0 Å². The molecule has 5 N–H and O–H groups in total. The number of aliphatic hydroxyl groups excluding tert-OH is 1. The van der Waals surface area contributed by atoms with Crippen molar-refractivity contribution in [1.29, 1.82) is 0 Å². The summed E-state index contributed by atoms with van der Waals surface area (Å²) in [5.74, 6) is -2.35. The number of aromatic hydroxyl groups is 2. The number of carbonyl (C=O) groups excluding carboxylic acids is 2. The number of aldehydes is 1. The maximum Gasteiger partial charge on any atom is 0.342 e. The molecule has 2 saturated carbocycles. The number of ether oxygens (including phenoxy) is 1. The Morgan fingerprint density at radius 3 is 2.42 bits per heavy atom. The summed E-state index contributed by atoms with van der Waals surface area (Å²) in [7, 11) is 0. The Bertz CT molecular complexity index is 990. The van der Waals surface area contributed by atoms with Gasteiger partial charge in [0.15, 0.2) is 0 Å². The molecule has 6 atom stereocenters. The normalized spacial score (nSPS) is 40.2. The van der Waals surface area contributed by atoms with E-state index in [1.807, 2.05) is 13.8 Å². The van der Waals surface area contributed by atoms with Gasteiger partial charge in [0.1, 0.15) is 35.1 Å². The summed E-state index contributed by atoms with van der Waals surface area (Å²) < 4.78 is 5.52. The van der Waals surface area contributed by atoms with Gasteiger partial charge in [-0.2, -0.15) is 0 Å². The molecule has 0 aliphatic heterocycles. The van der Waals surface area contributed by atoms with Crippen LogP contribution in [0.1, 0.15) is 49.5 Å². The van der Waals surface area contributed by atoms with E-state index in [0.717, 1.165) is 6.07 Å². The van der Waals surface area contributed by atoms with Gasteiger partial charge in [-0.1, -0.05) is 20.8 Å². The molecule has 0 radical (unpaired) electrons. The van der Waals surface area contributed by atoms with Crippen LogP contribution in [-0.4, -0.2) is 61.2 Å². The zero-order valence-corrected chi connectivity index (χ0v) is 17.9. The van der Waals surface area contributed by atoms with Gasteiger partial charge in [-0.25, -0.2) is 4.79 Å². The number of aryl methyl sites for hydroxylation is 1. The standard InChI is InChI=1S/C23H28O8/c1-11-5-13(25)6-14(26)16(11)19(28)31-15-8-21(4)17-18(27)20(2,3)10-22(17,29)7-12(9-24)23(15,21)30/h5-7,9,15,17-18,25-27,29-30H,8,10H2,1-4H3/t15-,17+,18+,21+,22+,23-/m1/s1. The van der Waals surface area contributed by atoms with E-state index in [-0.39, 0.29) is 35.3 Å². The summed E-state index contributed by atoms with van der Waals surface area (Å²) in [5.41, 5.74) is -5.08. The smallest absolute Gasteiger partial charge is 0.342 e. The number of aliphatic hydroxyl groups is 3. The summed E-state index contributed by atoms with van der Waals surface area (Å²) in [6.45, 7) is 6.83. The molecule has 8 nitrogen and oxygen atoms in total. The molecule has 3 aliphatic rings. The Labute approximate surface area is 179 Å². The van der Waals surface area contributed by atoms with Gasteiger partial charge in [0.2, 0.25) is 0 Å². The molecule has 31 heavy (non-hydrogen) atoms. The SMILES string of the molecule is Cc1cc(O)cc(O)c1C(=O)O[C@@H]1C[C@@]2(C)[C@@H]3[C@H](O)C(C)(C)C[C@@]3(O)C=C(C=O)[C@@]12O. The molecule has 8 heteroatoms. The van der Waals surface area contributed by atoms with E-state index in [1.165, 1.54) is 19.1 Å². The maximum atomic E-state index is 12.8. The highest BCUT2D eigenvalue weighted by Gasteiger charge is 2.77. The number of fused-ring (bicyclic) bond motifs is 3. The van der Waals surface area contributed by atoms with Crippen molar-refractivity contribution in [2.75, 3.05) is 0 Å². The molecular formula is C23H28O8. The fourth-order valence-electron chi connectivity index (χ4n) is 6.35. The molecule has 4 rings (SSSR count). The molecule has 0 saturated heterocycles. The average Bonchev–Trinajstić information content (AvgIpc) is 2.81. The third-order valence-electron chi connectivity index (χ3n) is 7.75. The van der Waals surface area contributed by atoms with Crippen molar-refractivity contribution in [1.82, 2.24) is 0 Å². The lowest BCUT2D eigenvalue weighted by atomic mass is 9.43. The molecule has 0 unspecified atom stereocenters. The molecule has 0 spiro atoms. The average molecular weight is 432 g/mol. The second kappa shape index (κ2) is 6.31. The first kappa shape index (κ1) is 21.8. The number of phenolic OH excluding ortho intramolecular Hbond substituents is 2. The van der Waals surface area contributed by atoms with Crippen molar-refractivity contribution in [2.24, 2.45) is 16.7 Å². The van der Waals surface area contributed by atoms with Crippen LogP contribution < -0.4 is 0 Å². The molecule has 0 bridgehead atoms. The lowest BCUT2D eigenvalue weighted by Gasteiger charge is -2.66. The summed E-state index contributed by atoms with van der Waals surface area (Å²) in [6, 6.07) is 2.31. The predicted molar refractivity (Wildman–Crippen MR) is 108 cm³/mol. The van der Waals surface area contributed by atoms with E-state index < -0.39 is 51.9 Å². The van der Waals surface area contributed by atoms with E-state index >= 15 is 0 Å². The lowest BCUT2D eigenvalue weighted by molar-refractivity contribution is -0.272. The Balaban J connectivity index is 1.72. The van der Waals surface area contributed by atoms with Gasteiger partial charge in [0.05, 0.1) is 11.7 Å². The first-order chi connectivity index (χ1) is 14.2. The molecule has 3 aliphatic carbocycles. The van der Waals surface area contributed by atoms with Crippen molar-refractivity contribution >= 4 is 12.3 Å². The highest BCUT2D eigenvalue weighted by Crippen LogP contribution is 2.69. The Kier molecular flexibility index (Phi) is 4.44. The van der Waals surface area contributed by atoms with Crippen molar-refractivity contribution in [3.8, 4) is 11.5 Å². The molecule has 1 aromatic rings. The monoisotopic (exact) mass is 432 g/mol. The molecule has 0 heterocycles. The van der Waals surface area contributed by atoms with E-state index in [9.17, 15) is 35.1 Å². The van der Waals surface area contributed by atoms with Crippen LogP contribution in [0.2, 0.25) is 0 Å². The third kappa shape index (κ3) is 2.65. The van der Waals surface area contributed by atoms with Gasteiger partial charge in [-0.3, -0.25) is 4.79 Å². The van der Waals surface area contributed by atoms with E-state index in [0.29, 0.717) is 6.29 Å². The molecule has 0 aromatic heterocycles. The van der Waals surface area contributed by atoms with Crippen LogP contribution in [0.15, 0.2) is 23.8 Å². The van der Waals surface area contributed by atoms with Gasteiger partial charge in [0.25, 0.3) is 0 Å². The highest BCUT2D eigenvalue weighted by molar-refractivity contribution is 5.94. The molecule has 1 aromatic carbocycles. The van der Waals surface area contributed by atoms with Crippen LogP contribution in [0.4, 0.5) is 0 Å². The summed E-state index contributed by atoms with van der Waals surface area (Å²) >= 11 is 0. The molecule has 0 amide bonds. The molecular weight excluding hydrogens is 404 g/mol. The van der Waals surface area contributed by atoms with Gasteiger partial charge in [-0.05, 0) is 42.9 Å². The Hall–Kier alpha value is -2.42. The summed E-state index contributed by atoms with van der Waals surface area (Å²) in [4.78, 5) is 24.7. The number of benzene rings is 1. The number of esters is 1. The number of rotatable bonds is 3. The van der Waals surface area contributed by atoms with Crippen LogP contribution >= 0.6 is 0 Å². The van der Waals surface area contributed by atoms with E-state index in [4.69, 9.17) is 4.74 Å². The third-order valence-corrected chi connectivity index (χ3v) is 7.75. The van der Waals surface area contributed by atoms with Crippen LogP contribution in [-0.2, 0) is 9.53 Å². The first-order valence-corrected chi connectivity index (χ1v) is 10.3. The van der Waals surface area contributed by atoms with Crippen molar-refractivity contribution in [3.63, 3.8) is 0 Å². The Morgan fingerprint density at radius 2 is 1.84 bits per heavy atom. The second-order valence-electron chi connectivity index (χ2n) is 10.2. The number of carbonyl (C=O) groups is 2. The quantitative estimate of drug-likeness (QED) is 0.356. The first-order valence-electron chi connectivity index (χ1n) is 10.3. The molecule has 168 valence electrons. The van der Waals surface area contributed by atoms with E-state index in [1.54, 1.807) is 6.92 Å². The minimum atomic E-state index is -1.90. The van der Waals surface area contributed by atoms with Crippen LogP contribution in [0.3, 0.4) is 0 Å². The number of hydrogen-bond donors (Lipinski definition) is 5. The van der Waals surface area contributed by atoms with Crippen LogP contribution in [0.25, 0.3) is 0 Å². The largest absolute Gasteiger partial charge is 0.508 e. The van der Waals surface area contributed by atoms with Crippen molar-refractivity contribution in [3.05, 3.63) is 34.9 Å². The topological polar surface area (TPSA) is 145 Å². The molecule has 2 fully saturated rings. The minimum Gasteiger partial charge on any atom is -0.508 e. The number of hydrogen-bond acceptors (Lipinski definition) is 8. The van der Waals surface area contributed by atoms with Gasteiger partial charge in [-0.15, -0.1) is 0 Å². The fourth-order valence-corrected chi connectivity index (χ4v) is 6.35. The summed E-state index contributed by atoms with van der Waals surface area (Å²) in [5, 5.41) is 53.6. The van der Waals surface area contributed by atoms with Gasteiger partial charge >= 0.3 is 5.97 Å². The zero-order chi connectivity index (χ0) is 23.1. The van der Waals surface area contributed by atoms with Gasteiger partial charge in [0, 0.05) is 23.0 Å². The summed E-state index contributed by atoms with van der Waals surface area (Å²) in [6.07, 6.45) is 0.0207. The number of phenols is 2.